The van der Waals surface area contributed by atoms with Crippen molar-refractivity contribution in [2.24, 2.45) is 0 Å². The SMILES string of the molecule is CC1CN(S(=O)(=O)c2ccc(N)cc2Br)CC(C)N1C. The first-order chi connectivity index (χ1) is 9.23. The number of nitrogen functional groups attached to an aromatic ring is 1. The molecule has 1 saturated heterocycles. The molecule has 1 aromatic rings. The Kier molecular flexibility index (Phi) is 4.44. The van der Waals surface area contributed by atoms with Crippen molar-refractivity contribution in [3.05, 3.63) is 22.7 Å². The van der Waals surface area contributed by atoms with E-state index < -0.39 is 10.0 Å². The summed E-state index contributed by atoms with van der Waals surface area (Å²) in [4.78, 5) is 2.47. The Balaban J connectivity index is 2.35. The summed E-state index contributed by atoms with van der Waals surface area (Å²) < 4.78 is 27.6. The molecular weight excluding hydrogens is 342 g/mol. The van der Waals surface area contributed by atoms with E-state index in [4.69, 9.17) is 5.73 Å². The van der Waals surface area contributed by atoms with Gasteiger partial charge in [0.05, 0.1) is 4.90 Å². The van der Waals surface area contributed by atoms with E-state index >= 15 is 0 Å². The third-order valence-corrected chi connectivity index (χ3v) is 6.71. The second kappa shape index (κ2) is 5.63. The number of sulfonamides is 1. The molecule has 0 saturated carbocycles. The molecule has 0 radical (unpaired) electrons. The van der Waals surface area contributed by atoms with Crippen LogP contribution in [0.5, 0.6) is 0 Å². The highest BCUT2D eigenvalue weighted by Gasteiger charge is 2.35. The van der Waals surface area contributed by atoms with Crippen molar-refractivity contribution in [2.75, 3.05) is 25.9 Å². The Morgan fingerprint density at radius 3 is 2.30 bits per heavy atom. The fourth-order valence-electron chi connectivity index (χ4n) is 2.42. The highest BCUT2D eigenvalue weighted by Crippen LogP contribution is 2.29. The molecule has 112 valence electrons. The average molecular weight is 362 g/mol. The molecule has 1 aromatic carbocycles. The third kappa shape index (κ3) is 2.86. The maximum atomic E-state index is 12.8. The predicted molar refractivity (Wildman–Crippen MR) is 84.0 cm³/mol. The monoisotopic (exact) mass is 361 g/mol. The molecule has 0 bridgehead atoms. The van der Waals surface area contributed by atoms with Crippen molar-refractivity contribution in [1.29, 1.82) is 0 Å². The molecule has 0 aromatic heterocycles. The summed E-state index contributed by atoms with van der Waals surface area (Å²) in [5.41, 5.74) is 6.20. The number of piperazine rings is 1. The zero-order valence-electron chi connectivity index (χ0n) is 11.9. The Bertz CT molecular complexity index is 594. The van der Waals surface area contributed by atoms with Crippen LogP contribution in [0.2, 0.25) is 0 Å². The van der Waals surface area contributed by atoms with E-state index in [-0.39, 0.29) is 17.0 Å². The van der Waals surface area contributed by atoms with Gasteiger partial charge in [-0.3, -0.25) is 4.90 Å². The van der Waals surface area contributed by atoms with Gasteiger partial charge < -0.3 is 5.73 Å². The molecule has 7 heteroatoms. The van der Waals surface area contributed by atoms with E-state index in [1.807, 2.05) is 20.9 Å². The van der Waals surface area contributed by atoms with Gasteiger partial charge in [0.1, 0.15) is 0 Å². The smallest absolute Gasteiger partial charge is 0.244 e. The van der Waals surface area contributed by atoms with Crippen molar-refractivity contribution in [3.8, 4) is 0 Å². The quantitative estimate of drug-likeness (QED) is 0.814. The van der Waals surface area contributed by atoms with Crippen LogP contribution in [0.15, 0.2) is 27.6 Å². The van der Waals surface area contributed by atoms with E-state index in [0.717, 1.165) is 0 Å². The van der Waals surface area contributed by atoms with Crippen LogP contribution in [0, 0.1) is 0 Å². The molecular formula is C13H20BrN3O2S. The number of likely N-dealkylation sites (N-methyl/N-ethyl adjacent to an activating group) is 1. The molecule has 1 heterocycles. The van der Waals surface area contributed by atoms with Crippen LogP contribution in [0.1, 0.15) is 13.8 Å². The highest BCUT2D eigenvalue weighted by molar-refractivity contribution is 9.10. The number of hydrogen-bond acceptors (Lipinski definition) is 4. The number of nitrogens with two attached hydrogens (primary N) is 1. The van der Waals surface area contributed by atoms with Crippen molar-refractivity contribution >= 4 is 31.6 Å². The van der Waals surface area contributed by atoms with Crippen LogP contribution in [0.4, 0.5) is 5.69 Å². The lowest BCUT2D eigenvalue weighted by Crippen LogP contribution is -2.56. The number of rotatable bonds is 2. The van der Waals surface area contributed by atoms with Crippen LogP contribution in [-0.4, -0.2) is 49.8 Å². The minimum absolute atomic E-state index is 0.195. The van der Waals surface area contributed by atoms with Crippen LogP contribution in [-0.2, 0) is 10.0 Å². The molecule has 2 rings (SSSR count). The van der Waals surface area contributed by atoms with Crippen LogP contribution in [0.3, 0.4) is 0 Å². The van der Waals surface area contributed by atoms with Gasteiger partial charge in [0.25, 0.3) is 0 Å². The van der Waals surface area contributed by atoms with Crippen LogP contribution >= 0.6 is 15.9 Å². The van der Waals surface area contributed by atoms with E-state index in [1.165, 1.54) is 0 Å². The molecule has 0 spiro atoms. The lowest BCUT2D eigenvalue weighted by molar-refractivity contribution is 0.105. The second-order valence-corrected chi connectivity index (χ2v) is 8.14. The van der Waals surface area contributed by atoms with Gasteiger partial charge in [0, 0.05) is 35.3 Å². The van der Waals surface area contributed by atoms with Gasteiger partial charge in [0.2, 0.25) is 10.0 Å². The second-order valence-electron chi connectivity index (χ2n) is 5.38. The molecule has 1 fully saturated rings. The van der Waals surface area contributed by atoms with Gasteiger partial charge in [-0.25, -0.2) is 8.42 Å². The Hall–Kier alpha value is -0.630. The Morgan fingerprint density at radius 1 is 1.25 bits per heavy atom. The molecule has 5 nitrogen and oxygen atoms in total. The van der Waals surface area contributed by atoms with Crippen molar-refractivity contribution in [3.63, 3.8) is 0 Å². The molecule has 0 amide bonds. The maximum Gasteiger partial charge on any atom is 0.244 e. The van der Waals surface area contributed by atoms with Gasteiger partial charge in [-0.1, -0.05) is 0 Å². The number of benzene rings is 1. The highest BCUT2D eigenvalue weighted by atomic mass is 79.9. The van der Waals surface area contributed by atoms with Crippen molar-refractivity contribution in [1.82, 2.24) is 9.21 Å². The zero-order chi connectivity index (χ0) is 15.1. The van der Waals surface area contributed by atoms with Crippen LogP contribution < -0.4 is 5.73 Å². The predicted octanol–water partition coefficient (Wildman–Crippen LogP) is 1.74. The summed E-state index contributed by atoms with van der Waals surface area (Å²) in [5.74, 6) is 0. The number of nitrogens with zero attached hydrogens (tertiary/aromatic N) is 2. The van der Waals surface area contributed by atoms with Crippen molar-refractivity contribution in [2.45, 2.75) is 30.8 Å². The molecule has 2 N–H and O–H groups in total. The summed E-state index contributed by atoms with van der Waals surface area (Å²) in [6, 6.07) is 5.18. The average Bonchev–Trinajstić information content (AvgIpc) is 2.34. The molecule has 2 unspecified atom stereocenters. The van der Waals surface area contributed by atoms with E-state index in [9.17, 15) is 8.42 Å². The molecule has 20 heavy (non-hydrogen) atoms. The number of hydrogen-bond donors (Lipinski definition) is 1. The summed E-state index contributed by atoms with van der Waals surface area (Å²) in [5, 5.41) is 0. The summed E-state index contributed by atoms with van der Waals surface area (Å²) in [7, 11) is -1.47. The topological polar surface area (TPSA) is 66.6 Å². The van der Waals surface area contributed by atoms with Gasteiger partial charge >= 0.3 is 0 Å². The van der Waals surface area contributed by atoms with Crippen LogP contribution in [0.25, 0.3) is 0 Å². The van der Waals surface area contributed by atoms with Gasteiger partial charge in [0.15, 0.2) is 0 Å². The fraction of sp³-hybridized carbons (Fsp3) is 0.538. The van der Waals surface area contributed by atoms with Gasteiger partial charge in [-0.05, 0) is 55.0 Å². The van der Waals surface area contributed by atoms with Gasteiger partial charge in [-0.2, -0.15) is 4.31 Å². The minimum atomic E-state index is -3.49. The first kappa shape index (κ1) is 15.8. The fourth-order valence-corrected chi connectivity index (χ4v) is 5.08. The number of anilines is 1. The van der Waals surface area contributed by atoms with E-state index in [2.05, 4.69) is 20.8 Å². The summed E-state index contributed by atoms with van der Waals surface area (Å²) in [6.45, 7) is 5.08. The standard InChI is InChI=1S/C13H20BrN3O2S/c1-9-7-17(8-10(2)16(9)3)20(18,19)13-5-4-11(15)6-12(13)14/h4-6,9-10H,7-8,15H2,1-3H3. The zero-order valence-corrected chi connectivity index (χ0v) is 14.3. The first-order valence-electron chi connectivity index (χ1n) is 6.50. The lowest BCUT2D eigenvalue weighted by Gasteiger charge is -2.41. The Morgan fingerprint density at radius 2 is 1.80 bits per heavy atom. The van der Waals surface area contributed by atoms with Gasteiger partial charge in [-0.15, -0.1) is 0 Å². The Labute approximate surface area is 128 Å². The third-order valence-electron chi connectivity index (χ3n) is 3.90. The first-order valence-corrected chi connectivity index (χ1v) is 8.74. The number of halogens is 1. The van der Waals surface area contributed by atoms with E-state index in [1.54, 1.807) is 22.5 Å². The summed E-state index contributed by atoms with van der Waals surface area (Å²) in [6.07, 6.45) is 0. The normalized spacial score (nSPS) is 25.8. The largest absolute Gasteiger partial charge is 0.399 e. The minimum Gasteiger partial charge on any atom is -0.399 e. The molecule has 2 atom stereocenters. The lowest BCUT2D eigenvalue weighted by atomic mass is 10.1. The summed E-state index contributed by atoms with van der Waals surface area (Å²) >= 11 is 3.30. The molecule has 1 aliphatic rings. The molecule has 0 aliphatic carbocycles. The molecule has 1 aliphatic heterocycles. The van der Waals surface area contributed by atoms with E-state index in [0.29, 0.717) is 23.2 Å². The van der Waals surface area contributed by atoms with Crippen molar-refractivity contribution < 1.29 is 8.42 Å². The maximum absolute atomic E-state index is 12.8.